The van der Waals surface area contributed by atoms with Crippen molar-refractivity contribution in [2.45, 2.75) is 26.4 Å². The van der Waals surface area contributed by atoms with Crippen molar-refractivity contribution < 1.29 is 0 Å². The molecule has 0 bridgehead atoms. The van der Waals surface area contributed by atoms with Gasteiger partial charge in [0.05, 0.1) is 0 Å². The zero-order chi connectivity index (χ0) is 12.1. The molecule has 0 unspecified atom stereocenters. The van der Waals surface area contributed by atoms with Crippen LogP contribution in [-0.4, -0.2) is 20.9 Å². The highest BCUT2D eigenvalue weighted by molar-refractivity contribution is 5.10. The molecule has 0 fully saturated rings. The molecule has 0 radical (unpaired) electrons. The fourth-order valence-corrected chi connectivity index (χ4v) is 1.89. The molecule has 0 spiro atoms. The van der Waals surface area contributed by atoms with Crippen molar-refractivity contribution in [3.63, 3.8) is 0 Å². The van der Waals surface area contributed by atoms with Gasteiger partial charge < -0.3 is 9.88 Å². The summed E-state index contributed by atoms with van der Waals surface area (Å²) in [4.78, 5) is 0. The molecule has 0 saturated heterocycles. The average Bonchev–Trinajstić information content (AvgIpc) is 2.93. The van der Waals surface area contributed by atoms with Crippen molar-refractivity contribution in [2.75, 3.05) is 6.54 Å². The minimum atomic E-state index is 0.954. The van der Waals surface area contributed by atoms with E-state index in [4.69, 9.17) is 0 Å². The molecule has 0 atom stereocenters. The van der Waals surface area contributed by atoms with Crippen molar-refractivity contribution in [3.05, 3.63) is 42.0 Å². The van der Waals surface area contributed by atoms with Gasteiger partial charge >= 0.3 is 0 Å². The van der Waals surface area contributed by atoms with Crippen molar-refractivity contribution in [2.24, 2.45) is 7.05 Å². The Hall–Kier alpha value is -1.55. The molecule has 2 heterocycles. The predicted molar refractivity (Wildman–Crippen MR) is 68.7 cm³/mol. The molecule has 2 aromatic heterocycles. The van der Waals surface area contributed by atoms with Crippen molar-refractivity contribution in [1.82, 2.24) is 19.7 Å². The monoisotopic (exact) mass is 232 g/mol. The minimum absolute atomic E-state index is 0.954. The Bertz CT molecular complexity index is 455. The van der Waals surface area contributed by atoms with Gasteiger partial charge in [0.15, 0.2) is 0 Å². The smallest absolute Gasteiger partial charge is 0.0492 e. The lowest BCUT2D eigenvalue weighted by molar-refractivity contribution is 0.636. The Kier molecular flexibility index (Phi) is 3.98. The van der Waals surface area contributed by atoms with Gasteiger partial charge in [-0.2, -0.15) is 5.10 Å². The lowest BCUT2D eigenvalue weighted by atomic mass is 10.3. The summed E-state index contributed by atoms with van der Waals surface area (Å²) in [5.41, 5.74) is 2.61. The molecule has 17 heavy (non-hydrogen) atoms. The van der Waals surface area contributed by atoms with Crippen LogP contribution in [0.2, 0.25) is 0 Å². The van der Waals surface area contributed by atoms with E-state index in [1.54, 1.807) is 0 Å². The first-order valence-electron chi connectivity index (χ1n) is 6.12. The highest BCUT2D eigenvalue weighted by Gasteiger charge is 2.00. The zero-order valence-corrected chi connectivity index (χ0v) is 10.6. The molecule has 0 aliphatic carbocycles. The van der Waals surface area contributed by atoms with E-state index < -0.39 is 0 Å². The summed E-state index contributed by atoms with van der Waals surface area (Å²) in [5.74, 6) is 0. The highest BCUT2D eigenvalue weighted by Crippen LogP contribution is 2.04. The molecule has 0 aliphatic rings. The Morgan fingerprint density at radius 3 is 2.94 bits per heavy atom. The second kappa shape index (κ2) is 5.68. The number of nitrogens with one attached hydrogen (secondary N) is 1. The van der Waals surface area contributed by atoms with Crippen molar-refractivity contribution in [1.29, 1.82) is 0 Å². The molecule has 2 aromatic rings. The van der Waals surface area contributed by atoms with Crippen LogP contribution in [0.4, 0.5) is 0 Å². The maximum Gasteiger partial charge on any atom is 0.0492 e. The normalized spacial score (nSPS) is 10.9. The number of hydrogen-bond donors (Lipinski definition) is 1. The summed E-state index contributed by atoms with van der Waals surface area (Å²) in [7, 11) is 1.99. The molecule has 4 nitrogen and oxygen atoms in total. The van der Waals surface area contributed by atoms with Crippen molar-refractivity contribution >= 4 is 0 Å². The maximum absolute atomic E-state index is 4.17. The highest BCUT2D eigenvalue weighted by atomic mass is 15.3. The van der Waals surface area contributed by atoms with Gasteiger partial charge in [-0.05, 0) is 24.2 Å². The lowest BCUT2D eigenvalue weighted by Gasteiger charge is -2.03. The molecule has 0 amide bonds. The quantitative estimate of drug-likeness (QED) is 0.820. The van der Waals surface area contributed by atoms with E-state index >= 15 is 0 Å². The van der Waals surface area contributed by atoms with Gasteiger partial charge in [0.2, 0.25) is 0 Å². The van der Waals surface area contributed by atoms with Gasteiger partial charge in [-0.15, -0.1) is 0 Å². The van der Waals surface area contributed by atoms with Crippen LogP contribution in [-0.2, 0) is 26.6 Å². The van der Waals surface area contributed by atoms with Crippen LogP contribution in [0.3, 0.4) is 0 Å². The first-order valence-corrected chi connectivity index (χ1v) is 6.12. The van der Waals surface area contributed by atoms with Gasteiger partial charge in [-0.1, -0.05) is 6.92 Å². The summed E-state index contributed by atoms with van der Waals surface area (Å²) in [6.45, 7) is 5.10. The standard InChI is InChI=1S/C13H20N4/c1-3-14-10-12-5-8-17(11-12)9-6-13-4-7-15-16(13)2/h4-5,7-8,11,14H,3,6,9-10H2,1-2H3. The Morgan fingerprint density at radius 2 is 2.24 bits per heavy atom. The topological polar surface area (TPSA) is 34.8 Å². The molecule has 0 aromatic carbocycles. The molecule has 0 aliphatic heterocycles. The molecular formula is C13H20N4. The molecule has 1 N–H and O–H groups in total. The van der Waals surface area contributed by atoms with Crippen LogP contribution in [0, 0.1) is 0 Å². The Morgan fingerprint density at radius 1 is 1.35 bits per heavy atom. The summed E-state index contributed by atoms with van der Waals surface area (Å²) in [6.07, 6.45) is 7.22. The van der Waals surface area contributed by atoms with Gasteiger partial charge in [0.1, 0.15) is 0 Å². The summed E-state index contributed by atoms with van der Waals surface area (Å²) in [6, 6.07) is 4.24. The first-order chi connectivity index (χ1) is 8.29. The fourth-order valence-electron chi connectivity index (χ4n) is 1.89. The van der Waals surface area contributed by atoms with Gasteiger partial charge in [-0.3, -0.25) is 4.68 Å². The van der Waals surface area contributed by atoms with Crippen LogP contribution in [0.1, 0.15) is 18.2 Å². The number of nitrogens with zero attached hydrogens (tertiary/aromatic N) is 3. The van der Waals surface area contributed by atoms with Crippen LogP contribution in [0.25, 0.3) is 0 Å². The molecule has 0 saturated carbocycles. The average molecular weight is 232 g/mol. The lowest BCUT2D eigenvalue weighted by Crippen LogP contribution is -2.11. The third-order valence-electron chi connectivity index (χ3n) is 2.94. The van der Waals surface area contributed by atoms with E-state index in [1.807, 2.05) is 17.9 Å². The molecule has 4 heteroatoms. The predicted octanol–water partition coefficient (Wildman–Crippen LogP) is 1.57. The summed E-state index contributed by atoms with van der Waals surface area (Å²) < 4.78 is 4.17. The molecule has 2 rings (SSSR count). The Labute approximate surface area is 102 Å². The van der Waals surface area contributed by atoms with E-state index in [1.165, 1.54) is 11.3 Å². The number of aromatic nitrogens is 3. The van der Waals surface area contributed by atoms with E-state index in [0.29, 0.717) is 0 Å². The minimum Gasteiger partial charge on any atom is -0.354 e. The van der Waals surface area contributed by atoms with Gasteiger partial charge in [-0.25, -0.2) is 0 Å². The molecular weight excluding hydrogens is 212 g/mol. The van der Waals surface area contributed by atoms with E-state index in [9.17, 15) is 0 Å². The second-order valence-corrected chi connectivity index (χ2v) is 4.23. The molecule has 92 valence electrons. The van der Waals surface area contributed by atoms with E-state index in [-0.39, 0.29) is 0 Å². The third kappa shape index (κ3) is 3.20. The van der Waals surface area contributed by atoms with Crippen LogP contribution in [0.5, 0.6) is 0 Å². The first kappa shape index (κ1) is 11.9. The Balaban J connectivity index is 1.87. The van der Waals surface area contributed by atoms with E-state index in [0.717, 1.165) is 26.1 Å². The largest absolute Gasteiger partial charge is 0.354 e. The summed E-state index contributed by atoms with van der Waals surface area (Å²) >= 11 is 0. The van der Waals surface area contributed by atoms with Gasteiger partial charge in [0.25, 0.3) is 0 Å². The number of hydrogen-bond acceptors (Lipinski definition) is 2. The maximum atomic E-state index is 4.17. The summed E-state index contributed by atoms with van der Waals surface area (Å²) in [5, 5.41) is 7.50. The van der Waals surface area contributed by atoms with Gasteiger partial charge in [0, 0.05) is 50.8 Å². The van der Waals surface area contributed by atoms with E-state index in [2.05, 4.69) is 46.4 Å². The van der Waals surface area contributed by atoms with Crippen molar-refractivity contribution in [3.8, 4) is 0 Å². The third-order valence-corrected chi connectivity index (χ3v) is 2.94. The number of aryl methyl sites for hydroxylation is 3. The zero-order valence-electron chi connectivity index (χ0n) is 10.6. The number of rotatable bonds is 6. The fraction of sp³-hybridized carbons (Fsp3) is 0.462. The second-order valence-electron chi connectivity index (χ2n) is 4.23. The van der Waals surface area contributed by atoms with Crippen LogP contribution in [0.15, 0.2) is 30.7 Å². The van der Waals surface area contributed by atoms with Crippen LogP contribution < -0.4 is 5.32 Å². The SMILES string of the molecule is CCNCc1ccn(CCc2ccnn2C)c1. The van der Waals surface area contributed by atoms with Crippen LogP contribution >= 0.6 is 0 Å².